The van der Waals surface area contributed by atoms with E-state index in [1.807, 2.05) is 0 Å². The topological polar surface area (TPSA) is 0 Å². The Bertz CT molecular complexity index is 6190. The molecule has 0 fully saturated rings. The summed E-state index contributed by atoms with van der Waals surface area (Å²) in [6, 6.07) is 120. The minimum Gasteiger partial charge on any atom is -0.0622 e. The van der Waals surface area contributed by atoms with Crippen LogP contribution < -0.4 is 0 Å². The quantitative estimate of drug-likeness (QED) is 0.140. The fraction of sp³-hybridized carbons (Fsp3) is 0.0909. The van der Waals surface area contributed by atoms with Crippen LogP contribution in [0.4, 0.5) is 0 Å². The van der Waals surface area contributed by atoms with Gasteiger partial charge in [0, 0.05) is 16.2 Å². The van der Waals surface area contributed by atoms with Crippen LogP contribution in [0, 0.1) is 0 Å². The zero-order valence-corrected chi connectivity index (χ0v) is 56.5. The third kappa shape index (κ3) is 8.21. The molecule has 99 heavy (non-hydrogen) atoms. The van der Waals surface area contributed by atoms with E-state index >= 15 is 0 Å². The Morgan fingerprint density at radius 3 is 0.697 bits per heavy atom. The molecule has 20 rings (SSSR count). The van der Waals surface area contributed by atoms with E-state index in [9.17, 15) is 0 Å². The number of rotatable bonds is 7. The highest BCUT2D eigenvalue weighted by Gasteiger charge is 2.40. The molecular weight excluding hydrogens is 1190 g/mol. The first-order chi connectivity index (χ1) is 48.4. The second-order valence-corrected chi connectivity index (χ2v) is 29.7. The molecule has 0 spiro atoms. The molecule has 0 saturated carbocycles. The molecule has 0 aromatic heterocycles. The van der Waals surface area contributed by atoms with Gasteiger partial charge in [0.15, 0.2) is 0 Å². The first-order valence-electron chi connectivity index (χ1n) is 35.2. The predicted octanol–water partition coefficient (Wildman–Crippen LogP) is 27.2. The van der Waals surface area contributed by atoms with E-state index in [4.69, 9.17) is 0 Å². The van der Waals surface area contributed by atoms with Crippen molar-refractivity contribution >= 4 is 64.6 Å². The van der Waals surface area contributed by atoms with Crippen molar-refractivity contribution in [2.75, 3.05) is 0 Å². The fourth-order valence-corrected chi connectivity index (χ4v) is 18.7. The molecule has 0 nitrogen and oxygen atoms in total. The third-order valence-electron chi connectivity index (χ3n) is 23.5. The maximum Gasteiger partial charge on any atom is 0.0159 e. The molecule has 0 heterocycles. The van der Waals surface area contributed by atoms with Crippen LogP contribution in [0.15, 0.2) is 315 Å². The molecule has 0 N–H and O–H groups in total. The van der Waals surface area contributed by atoms with Crippen molar-refractivity contribution in [3.8, 4) is 111 Å². The van der Waals surface area contributed by atoms with Gasteiger partial charge in [0.05, 0.1) is 0 Å². The van der Waals surface area contributed by atoms with Gasteiger partial charge >= 0.3 is 0 Å². The summed E-state index contributed by atoms with van der Waals surface area (Å²) in [5, 5.41) is 15.2. The SMILES string of the molecule is CC1(C)c2cc(-c3ccc4c(c3)C(C)(C)c3cc(-c5c6ccccc6c(-c6c7ccccc7c(-c7ccc8c(c7)C(C)(C)c7ccccc7-8)c7ccccc67)c6ccccc56)ccc3-4)ccc2-c2ccc(-c3c4ccccc4c(-c4ccccc4-c4ccccc4)c4ccccc34)cc21. The Morgan fingerprint density at radius 2 is 0.364 bits per heavy atom. The number of hydrogen-bond donors (Lipinski definition) is 0. The lowest BCUT2D eigenvalue weighted by atomic mass is 9.78. The highest BCUT2D eigenvalue weighted by Crippen LogP contribution is 2.58. The van der Waals surface area contributed by atoms with Crippen molar-refractivity contribution in [3.05, 3.63) is 349 Å². The lowest BCUT2D eigenvalue weighted by Gasteiger charge is -2.25. The highest BCUT2D eigenvalue weighted by atomic mass is 14.4. The van der Waals surface area contributed by atoms with E-state index in [-0.39, 0.29) is 16.2 Å². The van der Waals surface area contributed by atoms with Crippen LogP contribution in [-0.4, -0.2) is 0 Å². The normalized spacial score (nSPS) is 14.2. The Kier molecular flexibility index (Phi) is 12.3. The molecule has 466 valence electrons. The maximum absolute atomic E-state index is 2.54. The van der Waals surface area contributed by atoms with Gasteiger partial charge in [-0.1, -0.05) is 327 Å². The summed E-state index contributed by atoms with van der Waals surface area (Å²) in [5.74, 6) is 0. The minimum absolute atomic E-state index is 0.109. The molecule has 0 heteroatoms. The first-order valence-corrected chi connectivity index (χ1v) is 35.2. The molecule has 17 aromatic rings. The molecule has 0 atom stereocenters. The highest BCUT2D eigenvalue weighted by molar-refractivity contribution is 6.30. The summed E-state index contributed by atoms with van der Waals surface area (Å²) in [6.07, 6.45) is 0. The van der Waals surface area contributed by atoms with Crippen LogP contribution in [0.5, 0.6) is 0 Å². The number of fused-ring (bicyclic) bond motifs is 15. The molecule has 0 aliphatic heterocycles. The number of hydrogen-bond acceptors (Lipinski definition) is 0. The van der Waals surface area contributed by atoms with Crippen molar-refractivity contribution < 1.29 is 0 Å². The molecule has 0 bridgehead atoms. The van der Waals surface area contributed by atoms with E-state index in [0.717, 1.165) is 0 Å². The minimum atomic E-state index is -0.263. The van der Waals surface area contributed by atoms with Gasteiger partial charge in [-0.05, 0) is 240 Å². The first kappa shape index (κ1) is 57.5. The second-order valence-electron chi connectivity index (χ2n) is 29.7. The van der Waals surface area contributed by atoms with Gasteiger partial charge in [0.25, 0.3) is 0 Å². The summed E-state index contributed by atoms with van der Waals surface area (Å²) in [5.41, 5.74) is 33.3. The fourth-order valence-electron chi connectivity index (χ4n) is 18.7. The maximum atomic E-state index is 2.54. The van der Waals surface area contributed by atoms with Gasteiger partial charge in [-0.2, -0.15) is 0 Å². The van der Waals surface area contributed by atoms with Crippen molar-refractivity contribution in [2.24, 2.45) is 0 Å². The van der Waals surface area contributed by atoms with E-state index in [0.29, 0.717) is 0 Å². The van der Waals surface area contributed by atoms with Crippen LogP contribution in [-0.2, 0) is 16.2 Å². The van der Waals surface area contributed by atoms with Gasteiger partial charge in [-0.15, -0.1) is 0 Å². The standard InChI is InChI=1S/C99H70/c1-97(2)85-43-25-24-29-66(85)67-51-46-62(56-88(67)97)92-75-33-14-20-39-81(75)95(82-40-21-15-34-76(82)92)96-83-41-22-16-35-77(83)93(78-36-17-23-42-84(78)96)64-48-53-71-69-50-45-61(55-87(69)99(5,6)90(71)58-64)60-44-49-68-70-52-47-63(57-89(70)98(3,4)86(68)54-60)91-73-31-12-18-37-79(73)94(80-38-19-13-32-74(80)91)72-30-11-10-28-65(72)59-26-8-7-9-27-59/h7-58H,1-6H3. The van der Waals surface area contributed by atoms with Gasteiger partial charge in [-0.3, -0.25) is 0 Å². The Labute approximate surface area is 578 Å². The lowest BCUT2D eigenvalue weighted by Crippen LogP contribution is -2.15. The summed E-state index contributed by atoms with van der Waals surface area (Å²) in [7, 11) is 0. The van der Waals surface area contributed by atoms with Crippen molar-refractivity contribution in [1.82, 2.24) is 0 Å². The summed E-state index contributed by atoms with van der Waals surface area (Å²) >= 11 is 0. The van der Waals surface area contributed by atoms with E-state index in [1.54, 1.807) is 0 Å². The number of benzene rings is 17. The molecule has 0 saturated heterocycles. The zero-order valence-electron chi connectivity index (χ0n) is 56.5. The van der Waals surface area contributed by atoms with Crippen LogP contribution in [0.2, 0.25) is 0 Å². The monoisotopic (exact) mass is 1260 g/mol. The van der Waals surface area contributed by atoms with E-state index in [2.05, 4.69) is 357 Å². The predicted molar refractivity (Wildman–Crippen MR) is 422 cm³/mol. The summed E-state index contributed by atoms with van der Waals surface area (Å²) in [6.45, 7) is 14.5. The van der Waals surface area contributed by atoms with Crippen LogP contribution in [0.1, 0.15) is 74.9 Å². The molecule has 0 radical (unpaired) electrons. The lowest BCUT2D eigenvalue weighted by molar-refractivity contribution is 0.660. The molecule has 3 aliphatic carbocycles. The Balaban J connectivity index is 0.664. The average molecular weight is 1260 g/mol. The van der Waals surface area contributed by atoms with E-state index < -0.39 is 0 Å². The average Bonchev–Trinajstić information content (AvgIpc) is 0.952. The van der Waals surface area contributed by atoms with Crippen LogP contribution >= 0.6 is 0 Å². The van der Waals surface area contributed by atoms with Gasteiger partial charge < -0.3 is 0 Å². The molecule has 17 aromatic carbocycles. The van der Waals surface area contributed by atoms with Gasteiger partial charge in [0.2, 0.25) is 0 Å². The van der Waals surface area contributed by atoms with Gasteiger partial charge in [-0.25, -0.2) is 0 Å². The molecular formula is C99H70. The molecule has 3 aliphatic rings. The van der Waals surface area contributed by atoms with E-state index in [1.165, 1.54) is 209 Å². The second kappa shape index (κ2) is 21.2. The van der Waals surface area contributed by atoms with Crippen LogP contribution in [0.25, 0.3) is 176 Å². The molecule has 0 unspecified atom stereocenters. The Hall–Kier alpha value is -11.7. The zero-order chi connectivity index (χ0) is 66.2. The third-order valence-corrected chi connectivity index (χ3v) is 23.5. The Morgan fingerprint density at radius 1 is 0.141 bits per heavy atom. The van der Waals surface area contributed by atoms with Crippen LogP contribution in [0.3, 0.4) is 0 Å². The summed E-state index contributed by atoms with van der Waals surface area (Å²) < 4.78 is 0. The largest absolute Gasteiger partial charge is 0.0622 e. The van der Waals surface area contributed by atoms with Crippen molar-refractivity contribution in [2.45, 2.75) is 57.8 Å². The van der Waals surface area contributed by atoms with Gasteiger partial charge in [0.1, 0.15) is 0 Å². The summed E-state index contributed by atoms with van der Waals surface area (Å²) in [4.78, 5) is 0. The van der Waals surface area contributed by atoms with Crippen molar-refractivity contribution in [1.29, 1.82) is 0 Å². The molecule has 0 amide bonds. The smallest absolute Gasteiger partial charge is 0.0159 e. The van der Waals surface area contributed by atoms with Crippen molar-refractivity contribution in [3.63, 3.8) is 0 Å².